The van der Waals surface area contributed by atoms with Crippen LogP contribution >= 0.6 is 7.37 Å². The highest BCUT2D eigenvalue weighted by Gasteiger charge is 2.46. The number of rotatable bonds is 5. The van der Waals surface area contributed by atoms with Crippen molar-refractivity contribution in [1.29, 1.82) is 0 Å². The highest BCUT2D eigenvalue weighted by atomic mass is 31.2. The fourth-order valence-corrected chi connectivity index (χ4v) is 3.74. The zero-order chi connectivity index (χ0) is 10.6. The Morgan fingerprint density at radius 3 is 2.71 bits per heavy atom. The molecule has 1 rings (SSSR count). The van der Waals surface area contributed by atoms with Crippen LogP contribution in [0.1, 0.15) is 13.8 Å². The van der Waals surface area contributed by atoms with Gasteiger partial charge in [0.05, 0.1) is 25.5 Å². The van der Waals surface area contributed by atoms with Gasteiger partial charge in [-0.2, -0.15) is 0 Å². The third kappa shape index (κ3) is 2.55. The van der Waals surface area contributed by atoms with Crippen LogP contribution in [0.15, 0.2) is 0 Å². The molecular weight excluding hydrogens is 207 g/mol. The average Bonchev–Trinajstić information content (AvgIpc) is 2.45. The topological polar surface area (TPSA) is 65.0 Å². The van der Waals surface area contributed by atoms with E-state index in [1.165, 1.54) is 0 Å². The molecule has 0 unspecified atom stereocenters. The molecule has 0 aromatic heterocycles. The first-order valence-corrected chi connectivity index (χ1v) is 6.65. The second-order valence-electron chi connectivity index (χ2n) is 3.03. The van der Waals surface area contributed by atoms with Gasteiger partial charge in [-0.1, -0.05) is 0 Å². The minimum atomic E-state index is -2.87. The number of aliphatic hydroxyl groups is 1. The van der Waals surface area contributed by atoms with Gasteiger partial charge in [0.25, 0.3) is 7.37 Å². The van der Waals surface area contributed by atoms with E-state index in [9.17, 15) is 4.57 Å². The largest absolute Gasteiger partial charge is 0.394 e. The molecule has 1 heterocycles. The molecule has 0 aromatic rings. The van der Waals surface area contributed by atoms with Crippen LogP contribution in [0.25, 0.3) is 0 Å². The highest BCUT2D eigenvalue weighted by molar-refractivity contribution is 7.59. The van der Waals surface area contributed by atoms with Gasteiger partial charge >= 0.3 is 0 Å². The van der Waals surface area contributed by atoms with E-state index in [4.69, 9.17) is 19.1 Å². The quantitative estimate of drug-likeness (QED) is 0.706. The van der Waals surface area contributed by atoms with Crippen molar-refractivity contribution in [1.82, 2.24) is 0 Å². The van der Waals surface area contributed by atoms with E-state index >= 15 is 0 Å². The highest BCUT2D eigenvalue weighted by Crippen LogP contribution is 2.58. The van der Waals surface area contributed by atoms with E-state index in [0.717, 1.165) is 0 Å². The van der Waals surface area contributed by atoms with Crippen LogP contribution in [0.5, 0.6) is 0 Å². The van der Waals surface area contributed by atoms with Gasteiger partial charge < -0.3 is 19.1 Å². The van der Waals surface area contributed by atoms with Crippen LogP contribution in [-0.4, -0.2) is 43.2 Å². The molecule has 5 nitrogen and oxygen atoms in total. The standard InChI is InChI=1S/C8H17O5P/c1-3-11-8-13-7(5-9)6-14(8,10)12-4-2/h7-9H,3-6H2,1-2H3/t7-,8+,14-/m0/s1. The number of ether oxygens (including phenoxy) is 2. The van der Waals surface area contributed by atoms with Crippen molar-refractivity contribution in [3.63, 3.8) is 0 Å². The van der Waals surface area contributed by atoms with Crippen molar-refractivity contribution < 1.29 is 23.7 Å². The second-order valence-corrected chi connectivity index (χ2v) is 5.53. The minimum Gasteiger partial charge on any atom is -0.394 e. The van der Waals surface area contributed by atoms with Crippen LogP contribution in [0.3, 0.4) is 0 Å². The lowest BCUT2D eigenvalue weighted by atomic mass is 10.4. The molecular formula is C8H17O5P. The summed E-state index contributed by atoms with van der Waals surface area (Å²) in [6, 6.07) is -0.801. The van der Waals surface area contributed by atoms with E-state index in [2.05, 4.69) is 0 Å². The Balaban J connectivity index is 2.65. The Kier molecular flexibility index (Phi) is 4.54. The van der Waals surface area contributed by atoms with Gasteiger partial charge in [-0.3, -0.25) is 4.57 Å². The van der Waals surface area contributed by atoms with Crippen molar-refractivity contribution in [2.45, 2.75) is 26.0 Å². The van der Waals surface area contributed by atoms with E-state index in [1.807, 2.05) is 0 Å². The summed E-state index contributed by atoms with van der Waals surface area (Å²) in [5.74, 6) is 0. The predicted molar refractivity (Wildman–Crippen MR) is 51.5 cm³/mol. The first kappa shape index (κ1) is 12.1. The molecule has 0 saturated carbocycles. The molecule has 0 spiro atoms. The maximum absolute atomic E-state index is 12.1. The molecule has 0 aromatic carbocycles. The summed E-state index contributed by atoms with van der Waals surface area (Å²) in [7, 11) is -2.87. The van der Waals surface area contributed by atoms with Gasteiger partial charge in [0, 0.05) is 6.61 Å². The maximum Gasteiger partial charge on any atom is 0.260 e. The number of hydrogen-bond donors (Lipinski definition) is 1. The molecule has 3 atom stereocenters. The lowest BCUT2D eigenvalue weighted by Gasteiger charge is -2.17. The van der Waals surface area contributed by atoms with Crippen molar-refractivity contribution in [2.75, 3.05) is 26.0 Å². The second kappa shape index (κ2) is 5.24. The summed E-state index contributed by atoms with van der Waals surface area (Å²) in [5, 5.41) is 8.90. The molecule has 6 heteroatoms. The van der Waals surface area contributed by atoms with E-state index in [-0.39, 0.29) is 12.8 Å². The first-order chi connectivity index (χ1) is 6.66. The summed E-state index contributed by atoms with van der Waals surface area (Å²) in [4.78, 5) is 0. The van der Waals surface area contributed by atoms with Gasteiger partial charge in [0.15, 0.2) is 0 Å². The molecule has 14 heavy (non-hydrogen) atoms. The Hall–Kier alpha value is 0.0700. The minimum absolute atomic E-state index is 0.152. The Morgan fingerprint density at radius 2 is 2.21 bits per heavy atom. The molecule has 0 radical (unpaired) electrons. The normalized spacial score (nSPS) is 37.6. The lowest BCUT2D eigenvalue weighted by Crippen LogP contribution is -2.17. The monoisotopic (exact) mass is 224 g/mol. The smallest absolute Gasteiger partial charge is 0.260 e. The van der Waals surface area contributed by atoms with Crippen LogP contribution in [0, 0.1) is 0 Å². The zero-order valence-corrected chi connectivity index (χ0v) is 9.40. The van der Waals surface area contributed by atoms with Crippen LogP contribution in [0.4, 0.5) is 0 Å². The molecule has 84 valence electrons. The van der Waals surface area contributed by atoms with E-state index < -0.39 is 19.5 Å². The van der Waals surface area contributed by atoms with Crippen molar-refractivity contribution in [3.8, 4) is 0 Å². The predicted octanol–water partition coefficient (Wildman–Crippen LogP) is 1.01. The zero-order valence-electron chi connectivity index (χ0n) is 8.51. The molecule has 1 fully saturated rings. The molecule has 1 aliphatic heterocycles. The van der Waals surface area contributed by atoms with Crippen molar-refractivity contribution in [2.24, 2.45) is 0 Å². The molecule has 1 saturated heterocycles. The molecule has 1 N–H and O–H groups in total. The summed E-state index contributed by atoms with van der Waals surface area (Å²) >= 11 is 0. The molecule has 0 bridgehead atoms. The van der Waals surface area contributed by atoms with Gasteiger partial charge in [-0.15, -0.1) is 0 Å². The lowest BCUT2D eigenvalue weighted by molar-refractivity contribution is -0.111. The first-order valence-electron chi connectivity index (χ1n) is 4.77. The molecule has 0 amide bonds. The fourth-order valence-electron chi connectivity index (χ4n) is 1.40. The van der Waals surface area contributed by atoms with Crippen molar-refractivity contribution in [3.05, 3.63) is 0 Å². The molecule has 0 aliphatic carbocycles. The van der Waals surface area contributed by atoms with E-state index in [0.29, 0.717) is 13.2 Å². The Labute approximate surface area is 83.8 Å². The number of hydrogen-bond acceptors (Lipinski definition) is 5. The summed E-state index contributed by atoms with van der Waals surface area (Å²) in [6.07, 6.45) is -0.189. The Bertz CT molecular complexity index is 220. The van der Waals surface area contributed by atoms with E-state index in [1.54, 1.807) is 13.8 Å². The third-order valence-electron chi connectivity index (χ3n) is 1.95. The average molecular weight is 224 g/mol. The summed E-state index contributed by atoms with van der Waals surface area (Å²) in [5.41, 5.74) is 0. The fraction of sp³-hybridized carbons (Fsp3) is 1.00. The van der Waals surface area contributed by atoms with Gasteiger partial charge in [-0.25, -0.2) is 0 Å². The Morgan fingerprint density at radius 1 is 1.50 bits per heavy atom. The maximum atomic E-state index is 12.1. The van der Waals surface area contributed by atoms with Gasteiger partial charge in [0.1, 0.15) is 0 Å². The molecule has 1 aliphatic rings. The van der Waals surface area contributed by atoms with Gasteiger partial charge in [-0.05, 0) is 13.8 Å². The van der Waals surface area contributed by atoms with Gasteiger partial charge in [0.2, 0.25) is 6.03 Å². The van der Waals surface area contributed by atoms with Crippen LogP contribution in [0.2, 0.25) is 0 Å². The van der Waals surface area contributed by atoms with Crippen LogP contribution in [-0.2, 0) is 18.6 Å². The van der Waals surface area contributed by atoms with Crippen LogP contribution < -0.4 is 0 Å². The summed E-state index contributed by atoms with van der Waals surface area (Å²) in [6.45, 7) is 4.20. The summed E-state index contributed by atoms with van der Waals surface area (Å²) < 4.78 is 27.7. The number of aliphatic hydroxyl groups excluding tert-OH is 1. The van der Waals surface area contributed by atoms with Crippen molar-refractivity contribution >= 4 is 7.37 Å². The third-order valence-corrected chi connectivity index (χ3v) is 4.47. The SMILES string of the molecule is CCO[C@@H]1O[C@@H](CO)C[P@]1(=O)OCC.